The second kappa shape index (κ2) is 8.80. The molecule has 150 valence electrons. The summed E-state index contributed by atoms with van der Waals surface area (Å²) in [6.07, 6.45) is 3.78. The SMILES string of the molecule is O=C1/C(=C/c2ccc(O)cc2)CN(Cc2ccccc2)C/C1=C\c1ccc(O)cc1. The second-order valence-corrected chi connectivity index (χ2v) is 7.48. The fourth-order valence-corrected chi connectivity index (χ4v) is 3.61. The van der Waals surface area contributed by atoms with E-state index in [1.807, 2.05) is 30.4 Å². The van der Waals surface area contributed by atoms with Gasteiger partial charge < -0.3 is 10.2 Å². The number of likely N-dealkylation sites (tertiary alicyclic amines) is 1. The molecule has 0 spiro atoms. The molecular formula is C26H23NO3. The molecule has 1 fully saturated rings. The van der Waals surface area contributed by atoms with Crippen molar-refractivity contribution in [1.29, 1.82) is 0 Å². The van der Waals surface area contributed by atoms with Gasteiger partial charge >= 0.3 is 0 Å². The molecule has 0 saturated carbocycles. The fourth-order valence-electron chi connectivity index (χ4n) is 3.61. The summed E-state index contributed by atoms with van der Waals surface area (Å²) < 4.78 is 0. The summed E-state index contributed by atoms with van der Waals surface area (Å²) in [7, 11) is 0. The monoisotopic (exact) mass is 397 g/mol. The molecule has 3 aromatic rings. The first kappa shape index (κ1) is 19.7. The van der Waals surface area contributed by atoms with Crippen molar-refractivity contribution in [2.24, 2.45) is 0 Å². The van der Waals surface area contributed by atoms with Crippen LogP contribution in [-0.4, -0.2) is 34.0 Å². The number of piperidine rings is 1. The number of carbonyl (C=O) groups is 1. The summed E-state index contributed by atoms with van der Waals surface area (Å²) in [6.45, 7) is 1.86. The molecule has 4 nitrogen and oxygen atoms in total. The van der Waals surface area contributed by atoms with Crippen LogP contribution in [0.1, 0.15) is 16.7 Å². The number of phenolic OH excluding ortho intramolecular Hbond substituents is 2. The Bertz CT molecular complexity index is 1010. The number of ketones is 1. The van der Waals surface area contributed by atoms with Gasteiger partial charge in [0.1, 0.15) is 11.5 Å². The van der Waals surface area contributed by atoms with Crippen LogP contribution in [0.25, 0.3) is 12.2 Å². The van der Waals surface area contributed by atoms with Crippen molar-refractivity contribution in [2.45, 2.75) is 6.54 Å². The molecule has 0 amide bonds. The standard InChI is InChI=1S/C26H23NO3/c28-24-10-6-19(7-11-24)14-22-17-27(16-21-4-2-1-3-5-21)18-23(26(22)30)15-20-8-12-25(29)13-9-20/h1-15,28-29H,16-18H2/b22-14+,23-15+. The minimum absolute atomic E-state index is 0.0282. The molecule has 0 aromatic heterocycles. The lowest BCUT2D eigenvalue weighted by Crippen LogP contribution is -2.37. The number of hydrogen-bond donors (Lipinski definition) is 2. The Hall–Kier alpha value is -3.63. The van der Waals surface area contributed by atoms with Crippen molar-refractivity contribution >= 4 is 17.9 Å². The number of hydrogen-bond acceptors (Lipinski definition) is 4. The van der Waals surface area contributed by atoms with E-state index in [0.717, 1.165) is 17.7 Å². The van der Waals surface area contributed by atoms with Crippen LogP contribution in [0.2, 0.25) is 0 Å². The number of aromatic hydroxyl groups is 2. The van der Waals surface area contributed by atoms with Crippen LogP contribution in [0.3, 0.4) is 0 Å². The van der Waals surface area contributed by atoms with Gasteiger partial charge in [0.05, 0.1) is 0 Å². The smallest absolute Gasteiger partial charge is 0.187 e. The van der Waals surface area contributed by atoms with E-state index in [-0.39, 0.29) is 17.3 Å². The normalized spacial score (nSPS) is 17.5. The first-order valence-corrected chi connectivity index (χ1v) is 9.87. The van der Waals surface area contributed by atoms with Crippen LogP contribution in [0, 0.1) is 0 Å². The van der Waals surface area contributed by atoms with Crippen molar-refractivity contribution in [3.63, 3.8) is 0 Å². The zero-order chi connectivity index (χ0) is 20.9. The van der Waals surface area contributed by atoms with E-state index in [4.69, 9.17) is 0 Å². The summed E-state index contributed by atoms with van der Waals surface area (Å²) in [6, 6.07) is 23.9. The molecule has 1 saturated heterocycles. The number of Topliss-reactive ketones (excluding diaryl/α,β-unsaturated/α-hetero) is 1. The summed E-state index contributed by atoms with van der Waals surface area (Å²) in [5, 5.41) is 19.0. The van der Waals surface area contributed by atoms with Crippen LogP contribution < -0.4 is 0 Å². The van der Waals surface area contributed by atoms with Crippen molar-refractivity contribution in [3.8, 4) is 11.5 Å². The minimum atomic E-state index is 0.0282. The molecule has 0 unspecified atom stereocenters. The quantitative estimate of drug-likeness (QED) is 0.629. The molecule has 0 radical (unpaired) electrons. The summed E-state index contributed by atoms with van der Waals surface area (Å²) >= 11 is 0. The van der Waals surface area contributed by atoms with Crippen LogP contribution in [-0.2, 0) is 11.3 Å². The number of nitrogens with zero attached hydrogens (tertiary/aromatic N) is 1. The lowest BCUT2D eigenvalue weighted by Gasteiger charge is -2.30. The van der Waals surface area contributed by atoms with E-state index in [1.54, 1.807) is 48.5 Å². The van der Waals surface area contributed by atoms with Gasteiger partial charge in [-0.1, -0.05) is 54.6 Å². The zero-order valence-corrected chi connectivity index (χ0v) is 16.5. The van der Waals surface area contributed by atoms with Gasteiger partial charge in [0.15, 0.2) is 5.78 Å². The van der Waals surface area contributed by atoms with Gasteiger partial charge in [0.2, 0.25) is 0 Å². The molecule has 4 rings (SSSR count). The highest BCUT2D eigenvalue weighted by Gasteiger charge is 2.26. The van der Waals surface area contributed by atoms with E-state index in [2.05, 4.69) is 17.0 Å². The van der Waals surface area contributed by atoms with E-state index in [1.165, 1.54) is 5.56 Å². The highest BCUT2D eigenvalue weighted by Crippen LogP contribution is 2.24. The predicted octanol–water partition coefficient (Wildman–Crippen LogP) is 4.65. The van der Waals surface area contributed by atoms with Crippen molar-refractivity contribution < 1.29 is 15.0 Å². The van der Waals surface area contributed by atoms with Crippen LogP contribution in [0.15, 0.2) is 90.0 Å². The Labute approximate surface area is 176 Å². The van der Waals surface area contributed by atoms with Gasteiger partial charge in [0.25, 0.3) is 0 Å². The van der Waals surface area contributed by atoms with Crippen molar-refractivity contribution in [3.05, 3.63) is 107 Å². The minimum Gasteiger partial charge on any atom is -0.508 e. The zero-order valence-electron chi connectivity index (χ0n) is 16.5. The summed E-state index contributed by atoms with van der Waals surface area (Å²) in [4.78, 5) is 15.4. The number of rotatable bonds is 4. The molecule has 2 N–H and O–H groups in total. The molecule has 1 heterocycles. The number of carbonyl (C=O) groups excluding carboxylic acids is 1. The molecule has 0 atom stereocenters. The maximum absolute atomic E-state index is 13.2. The maximum atomic E-state index is 13.2. The van der Waals surface area contributed by atoms with Gasteiger partial charge in [-0.15, -0.1) is 0 Å². The highest BCUT2D eigenvalue weighted by molar-refractivity contribution is 6.14. The Morgan fingerprint density at radius 2 is 1.17 bits per heavy atom. The first-order valence-electron chi connectivity index (χ1n) is 9.87. The number of benzene rings is 3. The van der Waals surface area contributed by atoms with Gasteiger partial charge in [-0.2, -0.15) is 0 Å². The van der Waals surface area contributed by atoms with Gasteiger partial charge in [0, 0.05) is 30.8 Å². The summed E-state index contributed by atoms with van der Waals surface area (Å²) in [5.41, 5.74) is 4.38. The Balaban J connectivity index is 1.67. The largest absolute Gasteiger partial charge is 0.508 e. The van der Waals surface area contributed by atoms with E-state index in [0.29, 0.717) is 24.2 Å². The lowest BCUT2D eigenvalue weighted by atomic mass is 9.94. The Morgan fingerprint density at radius 3 is 1.63 bits per heavy atom. The topological polar surface area (TPSA) is 60.8 Å². The molecule has 0 bridgehead atoms. The average Bonchev–Trinajstić information content (AvgIpc) is 2.75. The van der Waals surface area contributed by atoms with Gasteiger partial charge in [-0.25, -0.2) is 0 Å². The third kappa shape index (κ3) is 4.85. The average molecular weight is 397 g/mol. The van der Waals surface area contributed by atoms with E-state index >= 15 is 0 Å². The van der Waals surface area contributed by atoms with Gasteiger partial charge in [-0.3, -0.25) is 9.69 Å². The lowest BCUT2D eigenvalue weighted by molar-refractivity contribution is -0.113. The van der Waals surface area contributed by atoms with Crippen LogP contribution >= 0.6 is 0 Å². The molecular weight excluding hydrogens is 374 g/mol. The molecule has 3 aromatic carbocycles. The Morgan fingerprint density at radius 1 is 0.700 bits per heavy atom. The third-order valence-electron chi connectivity index (χ3n) is 5.09. The molecule has 4 heteroatoms. The Kier molecular flexibility index (Phi) is 5.77. The predicted molar refractivity (Wildman–Crippen MR) is 119 cm³/mol. The highest BCUT2D eigenvalue weighted by atomic mass is 16.3. The molecule has 0 aliphatic carbocycles. The van der Waals surface area contributed by atoms with Crippen molar-refractivity contribution in [1.82, 2.24) is 4.90 Å². The third-order valence-corrected chi connectivity index (χ3v) is 5.09. The molecule has 30 heavy (non-hydrogen) atoms. The van der Waals surface area contributed by atoms with Crippen molar-refractivity contribution in [2.75, 3.05) is 13.1 Å². The van der Waals surface area contributed by atoms with Crippen LogP contribution in [0.4, 0.5) is 0 Å². The first-order chi connectivity index (χ1) is 14.6. The van der Waals surface area contributed by atoms with E-state index < -0.39 is 0 Å². The molecule has 1 aliphatic heterocycles. The van der Waals surface area contributed by atoms with Gasteiger partial charge in [-0.05, 0) is 53.1 Å². The number of phenols is 2. The second-order valence-electron chi connectivity index (χ2n) is 7.48. The molecule has 1 aliphatic rings. The fraction of sp³-hybridized carbons (Fsp3) is 0.115. The summed E-state index contributed by atoms with van der Waals surface area (Å²) in [5.74, 6) is 0.428. The van der Waals surface area contributed by atoms with Crippen LogP contribution in [0.5, 0.6) is 11.5 Å². The maximum Gasteiger partial charge on any atom is 0.187 e. The van der Waals surface area contributed by atoms with E-state index in [9.17, 15) is 15.0 Å².